The van der Waals surface area contributed by atoms with Gasteiger partial charge >= 0.3 is 0 Å². The van der Waals surface area contributed by atoms with Crippen molar-refractivity contribution in [2.75, 3.05) is 0 Å². The molecule has 0 aliphatic carbocycles. The molecule has 0 bridgehead atoms. The number of phenols is 2. The fraction of sp³-hybridized carbons (Fsp3) is 0.0455. The lowest BCUT2D eigenvalue weighted by Gasteiger charge is -2.15. The van der Waals surface area contributed by atoms with Crippen LogP contribution in [-0.4, -0.2) is 10.2 Å². The van der Waals surface area contributed by atoms with Gasteiger partial charge in [-0.05, 0) is 52.1 Å². The second-order valence-electron chi connectivity index (χ2n) is 5.65. The normalized spacial score (nSPS) is 11.5. The third-order valence-electron chi connectivity index (χ3n) is 3.99. The van der Waals surface area contributed by atoms with Crippen molar-refractivity contribution in [1.29, 1.82) is 5.26 Å². The summed E-state index contributed by atoms with van der Waals surface area (Å²) in [6, 6.07) is 25.9. The summed E-state index contributed by atoms with van der Waals surface area (Å²) in [5, 5.41) is 28.5. The number of allylic oxidation sites excluding steroid dienone is 1. The van der Waals surface area contributed by atoms with E-state index < -0.39 is 0 Å². The zero-order chi connectivity index (χ0) is 17.6. The van der Waals surface area contributed by atoms with Crippen LogP contribution in [0.4, 0.5) is 0 Å². The standard InChI is InChI=1S/C22H17NO2/c23-15-14-21(16-6-10-19(24)11-7-16)22(17-4-2-1-3-5-17)18-8-12-20(25)13-9-18/h1-13,24-25H,14H2/b22-21+. The maximum atomic E-state index is 9.60. The maximum Gasteiger partial charge on any atom is 0.115 e. The number of nitriles is 1. The molecule has 3 nitrogen and oxygen atoms in total. The lowest BCUT2D eigenvalue weighted by atomic mass is 9.88. The van der Waals surface area contributed by atoms with Crippen LogP contribution in [-0.2, 0) is 0 Å². The molecule has 122 valence electrons. The van der Waals surface area contributed by atoms with Crippen molar-refractivity contribution in [2.45, 2.75) is 6.42 Å². The summed E-state index contributed by atoms with van der Waals surface area (Å²) in [5.74, 6) is 0.383. The van der Waals surface area contributed by atoms with Gasteiger partial charge in [0, 0.05) is 0 Å². The van der Waals surface area contributed by atoms with Crippen molar-refractivity contribution < 1.29 is 10.2 Å². The van der Waals surface area contributed by atoms with E-state index in [0.29, 0.717) is 0 Å². The van der Waals surface area contributed by atoms with Gasteiger partial charge in [0.25, 0.3) is 0 Å². The molecule has 0 fully saturated rings. The molecule has 3 rings (SSSR count). The minimum atomic E-state index is 0.186. The fourth-order valence-electron chi connectivity index (χ4n) is 2.82. The van der Waals surface area contributed by atoms with Gasteiger partial charge in [0.1, 0.15) is 11.5 Å². The van der Waals surface area contributed by atoms with Crippen molar-refractivity contribution in [1.82, 2.24) is 0 Å². The van der Waals surface area contributed by atoms with E-state index in [1.54, 1.807) is 24.3 Å². The molecule has 0 aromatic heterocycles. The molecule has 0 heterocycles. The van der Waals surface area contributed by atoms with Gasteiger partial charge in [-0.15, -0.1) is 0 Å². The average molecular weight is 327 g/mol. The number of benzene rings is 3. The molecule has 0 atom stereocenters. The van der Waals surface area contributed by atoms with E-state index >= 15 is 0 Å². The number of aromatic hydroxyl groups is 2. The first-order valence-corrected chi connectivity index (χ1v) is 7.93. The average Bonchev–Trinajstić information content (AvgIpc) is 2.64. The highest BCUT2D eigenvalue weighted by atomic mass is 16.3. The first kappa shape index (κ1) is 16.4. The molecule has 3 aromatic rings. The van der Waals surface area contributed by atoms with Gasteiger partial charge in [0.05, 0.1) is 12.5 Å². The predicted molar refractivity (Wildman–Crippen MR) is 98.8 cm³/mol. The van der Waals surface area contributed by atoms with Gasteiger partial charge in [0.15, 0.2) is 0 Å². The molecule has 25 heavy (non-hydrogen) atoms. The van der Waals surface area contributed by atoms with Gasteiger partial charge < -0.3 is 10.2 Å². The summed E-state index contributed by atoms with van der Waals surface area (Å²) in [6.07, 6.45) is 0.232. The maximum absolute atomic E-state index is 9.60. The molecule has 3 aromatic carbocycles. The van der Waals surface area contributed by atoms with Crippen LogP contribution in [0.5, 0.6) is 11.5 Å². The third-order valence-corrected chi connectivity index (χ3v) is 3.99. The molecule has 0 radical (unpaired) electrons. The second-order valence-corrected chi connectivity index (χ2v) is 5.65. The molecule has 0 spiro atoms. The summed E-state index contributed by atoms with van der Waals surface area (Å²) in [5.41, 5.74) is 4.60. The predicted octanol–water partition coefficient (Wildman–Crippen LogP) is 4.97. The van der Waals surface area contributed by atoms with E-state index in [1.807, 2.05) is 54.6 Å². The van der Waals surface area contributed by atoms with Gasteiger partial charge in [-0.1, -0.05) is 54.6 Å². The molecular weight excluding hydrogens is 310 g/mol. The lowest BCUT2D eigenvalue weighted by Crippen LogP contribution is -1.95. The zero-order valence-corrected chi connectivity index (χ0v) is 13.6. The highest BCUT2D eigenvalue weighted by molar-refractivity contribution is 5.99. The number of nitrogens with zero attached hydrogens (tertiary/aromatic N) is 1. The Balaban J connectivity index is 2.28. The molecule has 3 heteroatoms. The Hall–Kier alpha value is -3.51. The molecule has 0 saturated carbocycles. The van der Waals surface area contributed by atoms with Crippen LogP contribution in [0.25, 0.3) is 11.1 Å². The minimum Gasteiger partial charge on any atom is -0.508 e. The summed E-state index contributed by atoms with van der Waals surface area (Å²) >= 11 is 0. The Labute approximate surface area is 146 Å². The molecule has 0 aliphatic heterocycles. The van der Waals surface area contributed by atoms with Crippen LogP contribution in [0.15, 0.2) is 78.9 Å². The van der Waals surface area contributed by atoms with E-state index in [-0.39, 0.29) is 17.9 Å². The summed E-state index contributed by atoms with van der Waals surface area (Å²) in [4.78, 5) is 0. The van der Waals surface area contributed by atoms with Crippen LogP contribution < -0.4 is 0 Å². The van der Waals surface area contributed by atoms with Crippen LogP contribution in [0.1, 0.15) is 23.1 Å². The minimum absolute atomic E-state index is 0.186. The first-order valence-electron chi connectivity index (χ1n) is 7.93. The zero-order valence-electron chi connectivity index (χ0n) is 13.6. The Morgan fingerprint density at radius 2 is 1.16 bits per heavy atom. The van der Waals surface area contributed by atoms with Gasteiger partial charge in [-0.3, -0.25) is 0 Å². The third kappa shape index (κ3) is 3.70. The second kappa shape index (κ2) is 7.37. The number of phenolic OH excluding ortho intramolecular Hbond substituents is 2. The Bertz CT molecular complexity index is 919. The molecule has 0 amide bonds. The topological polar surface area (TPSA) is 64.2 Å². The Morgan fingerprint density at radius 1 is 0.680 bits per heavy atom. The summed E-state index contributed by atoms with van der Waals surface area (Å²) < 4.78 is 0. The number of hydrogen-bond donors (Lipinski definition) is 2. The van der Waals surface area contributed by atoms with E-state index in [1.165, 1.54) is 0 Å². The fourth-order valence-corrected chi connectivity index (χ4v) is 2.82. The Morgan fingerprint density at radius 3 is 1.68 bits per heavy atom. The SMILES string of the molecule is N#CC/C(=C(/c1ccccc1)c1ccc(O)cc1)c1ccc(O)cc1. The number of hydrogen-bond acceptors (Lipinski definition) is 3. The van der Waals surface area contributed by atoms with E-state index in [4.69, 9.17) is 0 Å². The van der Waals surface area contributed by atoms with Crippen molar-refractivity contribution >= 4 is 11.1 Å². The highest BCUT2D eigenvalue weighted by Gasteiger charge is 2.14. The van der Waals surface area contributed by atoms with E-state index in [0.717, 1.165) is 27.8 Å². The van der Waals surface area contributed by atoms with Crippen molar-refractivity contribution in [3.05, 3.63) is 95.6 Å². The Kier molecular flexibility index (Phi) is 4.82. The van der Waals surface area contributed by atoms with Crippen LogP contribution in [0.3, 0.4) is 0 Å². The van der Waals surface area contributed by atoms with E-state index in [9.17, 15) is 15.5 Å². The van der Waals surface area contributed by atoms with Gasteiger partial charge in [-0.2, -0.15) is 5.26 Å². The monoisotopic (exact) mass is 327 g/mol. The molecular formula is C22H17NO2. The summed E-state index contributed by atoms with van der Waals surface area (Å²) in [7, 11) is 0. The number of rotatable bonds is 4. The first-order chi connectivity index (χ1) is 12.2. The largest absolute Gasteiger partial charge is 0.508 e. The molecule has 0 unspecified atom stereocenters. The van der Waals surface area contributed by atoms with Crippen LogP contribution in [0.2, 0.25) is 0 Å². The molecule has 2 N–H and O–H groups in total. The lowest BCUT2D eigenvalue weighted by molar-refractivity contribution is 0.474. The van der Waals surface area contributed by atoms with Gasteiger partial charge in [-0.25, -0.2) is 0 Å². The molecule has 0 aliphatic rings. The molecule has 0 saturated heterocycles. The quantitative estimate of drug-likeness (QED) is 0.665. The summed E-state index contributed by atoms with van der Waals surface area (Å²) in [6.45, 7) is 0. The van der Waals surface area contributed by atoms with Crippen molar-refractivity contribution in [2.24, 2.45) is 0 Å². The van der Waals surface area contributed by atoms with E-state index in [2.05, 4.69) is 6.07 Å². The smallest absolute Gasteiger partial charge is 0.115 e. The van der Waals surface area contributed by atoms with Crippen LogP contribution >= 0.6 is 0 Å². The highest BCUT2D eigenvalue weighted by Crippen LogP contribution is 2.35. The van der Waals surface area contributed by atoms with Crippen LogP contribution in [0, 0.1) is 11.3 Å². The van der Waals surface area contributed by atoms with Crippen molar-refractivity contribution in [3.63, 3.8) is 0 Å². The van der Waals surface area contributed by atoms with Crippen molar-refractivity contribution in [3.8, 4) is 17.6 Å². The van der Waals surface area contributed by atoms with Gasteiger partial charge in [0.2, 0.25) is 0 Å².